The highest BCUT2D eigenvalue weighted by Gasteiger charge is 2.16. The van der Waals surface area contributed by atoms with Crippen LogP contribution >= 0.6 is 0 Å². The number of unbranched alkanes of at least 4 members (excludes halogenated alkanes) is 1. The molecule has 0 atom stereocenters. The lowest BCUT2D eigenvalue weighted by Crippen LogP contribution is -2.33. The van der Waals surface area contributed by atoms with Crippen LogP contribution in [0.5, 0.6) is 0 Å². The van der Waals surface area contributed by atoms with Crippen molar-refractivity contribution in [3.05, 3.63) is 23.9 Å². The summed E-state index contributed by atoms with van der Waals surface area (Å²) in [6, 6.07) is 3.82. The summed E-state index contributed by atoms with van der Waals surface area (Å²) < 4.78 is 5.17. The number of Topliss-reactive ketones (excluding diaryl/α,β-unsaturated/α-hetero) is 1. The van der Waals surface area contributed by atoms with E-state index in [0.717, 1.165) is 31.7 Å². The first-order valence-corrected chi connectivity index (χ1v) is 9.56. The van der Waals surface area contributed by atoms with Crippen molar-refractivity contribution in [1.82, 2.24) is 10.3 Å². The minimum atomic E-state index is -0.493. The van der Waals surface area contributed by atoms with E-state index < -0.39 is 11.7 Å². The molecule has 1 N–H and O–H groups in total. The number of pyridine rings is 1. The van der Waals surface area contributed by atoms with Crippen LogP contribution in [0.25, 0.3) is 0 Å². The topological polar surface area (TPSA) is 71.5 Å². The van der Waals surface area contributed by atoms with Gasteiger partial charge in [0.2, 0.25) is 0 Å². The van der Waals surface area contributed by atoms with Crippen LogP contribution in [0.4, 0.5) is 10.6 Å². The average molecular weight is 361 g/mol. The standard InChI is InChI=1S/C20H31N3O3/c1-20(2,3)26-19(25)21-12-6-5-9-17(24)16-10-11-18(22-15-16)23-13-7-4-8-14-23/h10-11,15H,4-9,12-14H2,1-3H3,(H,21,25). The normalized spacial score (nSPS) is 14.8. The van der Waals surface area contributed by atoms with E-state index in [9.17, 15) is 9.59 Å². The predicted molar refractivity (Wildman–Crippen MR) is 103 cm³/mol. The van der Waals surface area contributed by atoms with Crippen molar-refractivity contribution in [3.8, 4) is 0 Å². The van der Waals surface area contributed by atoms with Crippen LogP contribution < -0.4 is 10.2 Å². The summed E-state index contributed by atoms with van der Waals surface area (Å²) in [5.74, 6) is 1.06. The minimum Gasteiger partial charge on any atom is -0.444 e. The molecule has 144 valence electrons. The van der Waals surface area contributed by atoms with Gasteiger partial charge >= 0.3 is 6.09 Å². The Kier molecular flexibility index (Phi) is 7.42. The number of hydrogen-bond acceptors (Lipinski definition) is 5. The Labute approximate surface area is 156 Å². The molecule has 6 nitrogen and oxygen atoms in total. The van der Waals surface area contributed by atoms with Crippen molar-refractivity contribution < 1.29 is 14.3 Å². The van der Waals surface area contributed by atoms with Crippen molar-refractivity contribution in [2.24, 2.45) is 0 Å². The fourth-order valence-electron chi connectivity index (χ4n) is 2.92. The maximum absolute atomic E-state index is 12.3. The molecule has 1 aromatic heterocycles. The van der Waals surface area contributed by atoms with Crippen LogP contribution in [-0.2, 0) is 4.74 Å². The van der Waals surface area contributed by atoms with Gasteiger partial charge in [-0.15, -0.1) is 0 Å². The monoisotopic (exact) mass is 361 g/mol. The Morgan fingerprint density at radius 1 is 1.15 bits per heavy atom. The van der Waals surface area contributed by atoms with E-state index in [1.165, 1.54) is 19.3 Å². The molecule has 0 bridgehead atoms. The molecular weight excluding hydrogens is 330 g/mol. The van der Waals surface area contributed by atoms with Gasteiger partial charge in [0.25, 0.3) is 0 Å². The van der Waals surface area contributed by atoms with E-state index in [1.807, 2.05) is 32.9 Å². The largest absolute Gasteiger partial charge is 0.444 e. The molecule has 0 aromatic carbocycles. The Morgan fingerprint density at radius 3 is 2.50 bits per heavy atom. The van der Waals surface area contributed by atoms with Gasteiger partial charge in [0.1, 0.15) is 11.4 Å². The van der Waals surface area contributed by atoms with Crippen molar-refractivity contribution in [2.45, 2.75) is 64.9 Å². The maximum atomic E-state index is 12.3. The van der Waals surface area contributed by atoms with Gasteiger partial charge in [-0.05, 0) is 65.0 Å². The van der Waals surface area contributed by atoms with E-state index >= 15 is 0 Å². The molecule has 6 heteroatoms. The second-order valence-corrected chi connectivity index (χ2v) is 7.76. The summed E-state index contributed by atoms with van der Waals surface area (Å²) in [5, 5.41) is 2.71. The first kappa shape index (κ1) is 20.2. The molecule has 0 saturated carbocycles. The lowest BCUT2D eigenvalue weighted by Gasteiger charge is -2.27. The molecule has 0 spiro atoms. The number of nitrogens with zero attached hydrogens (tertiary/aromatic N) is 2. The van der Waals surface area contributed by atoms with Crippen molar-refractivity contribution in [3.63, 3.8) is 0 Å². The third-order valence-corrected chi connectivity index (χ3v) is 4.25. The fraction of sp³-hybridized carbons (Fsp3) is 0.650. The van der Waals surface area contributed by atoms with E-state index in [4.69, 9.17) is 4.74 Å². The highest BCUT2D eigenvalue weighted by Crippen LogP contribution is 2.18. The number of amides is 1. The van der Waals surface area contributed by atoms with Crippen LogP contribution in [0, 0.1) is 0 Å². The van der Waals surface area contributed by atoms with Crippen LogP contribution in [0.1, 0.15) is 69.7 Å². The molecule has 0 aliphatic carbocycles. The number of aromatic nitrogens is 1. The van der Waals surface area contributed by atoms with Gasteiger partial charge < -0.3 is 15.0 Å². The van der Waals surface area contributed by atoms with Gasteiger partial charge in [-0.2, -0.15) is 0 Å². The lowest BCUT2D eigenvalue weighted by molar-refractivity contribution is 0.0527. The molecule has 1 aliphatic rings. The van der Waals surface area contributed by atoms with Crippen LogP contribution in [0.2, 0.25) is 0 Å². The molecule has 1 fully saturated rings. The Bertz CT molecular complexity index is 587. The number of alkyl carbamates (subject to hydrolysis) is 1. The summed E-state index contributed by atoms with van der Waals surface area (Å²) in [7, 11) is 0. The van der Waals surface area contributed by atoms with Crippen LogP contribution in [0.15, 0.2) is 18.3 Å². The molecule has 2 rings (SSSR count). The molecule has 1 saturated heterocycles. The van der Waals surface area contributed by atoms with Crippen LogP contribution in [-0.4, -0.2) is 42.1 Å². The van der Waals surface area contributed by atoms with Crippen molar-refractivity contribution in [2.75, 3.05) is 24.5 Å². The summed E-state index contributed by atoms with van der Waals surface area (Å²) in [6.07, 6.45) is 6.90. The van der Waals surface area contributed by atoms with Gasteiger partial charge in [0, 0.05) is 37.8 Å². The summed E-state index contributed by atoms with van der Waals surface area (Å²) in [6.45, 7) is 8.09. The van der Waals surface area contributed by atoms with Gasteiger partial charge in [-0.1, -0.05) is 0 Å². The van der Waals surface area contributed by atoms with Gasteiger partial charge in [-0.25, -0.2) is 9.78 Å². The summed E-state index contributed by atoms with van der Waals surface area (Å²) in [4.78, 5) is 30.5. The molecule has 0 radical (unpaired) electrons. The summed E-state index contributed by atoms with van der Waals surface area (Å²) >= 11 is 0. The second-order valence-electron chi connectivity index (χ2n) is 7.76. The molecule has 26 heavy (non-hydrogen) atoms. The zero-order chi connectivity index (χ0) is 19.0. The number of carbonyl (C=O) groups is 2. The highest BCUT2D eigenvalue weighted by atomic mass is 16.6. The van der Waals surface area contributed by atoms with Crippen LogP contribution in [0.3, 0.4) is 0 Å². The zero-order valence-electron chi connectivity index (χ0n) is 16.2. The number of carbonyl (C=O) groups excluding carboxylic acids is 2. The average Bonchev–Trinajstić information content (AvgIpc) is 2.60. The summed E-state index contributed by atoms with van der Waals surface area (Å²) in [5.41, 5.74) is 0.166. The van der Waals surface area contributed by atoms with Gasteiger partial charge in [0.05, 0.1) is 0 Å². The number of rotatable bonds is 7. The molecule has 1 amide bonds. The van der Waals surface area contributed by atoms with E-state index in [2.05, 4.69) is 15.2 Å². The third kappa shape index (κ3) is 7.02. The van der Waals surface area contributed by atoms with Crippen molar-refractivity contribution >= 4 is 17.7 Å². The Hall–Kier alpha value is -2.11. The SMILES string of the molecule is CC(C)(C)OC(=O)NCCCCC(=O)c1ccc(N2CCCCC2)nc1. The number of nitrogens with one attached hydrogen (secondary N) is 1. The number of hydrogen-bond donors (Lipinski definition) is 1. The number of anilines is 1. The number of piperidine rings is 1. The zero-order valence-corrected chi connectivity index (χ0v) is 16.2. The van der Waals surface area contributed by atoms with Gasteiger partial charge in [-0.3, -0.25) is 4.79 Å². The smallest absolute Gasteiger partial charge is 0.407 e. The van der Waals surface area contributed by atoms with E-state index in [-0.39, 0.29) is 5.78 Å². The Morgan fingerprint density at radius 2 is 1.88 bits per heavy atom. The second kappa shape index (κ2) is 9.55. The maximum Gasteiger partial charge on any atom is 0.407 e. The first-order chi connectivity index (χ1) is 12.3. The molecule has 0 unspecified atom stereocenters. The number of ether oxygens (including phenoxy) is 1. The lowest BCUT2D eigenvalue weighted by atomic mass is 10.1. The Balaban J connectivity index is 1.67. The van der Waals surface area contributed by atoms with E-state index in [0.29, 0.717) is 18.5 Å². The molecule has 2 heterocycles. The predicted octanol–water partition coefficient (Wildman–Crippen LogP) is 3.95. The third-order valence-electron chi connectivity index (χ3n) is 4.25. The molecule has 1 aromatic rings. The molecular formula is C20H31N3O3. The van der Waals surface area contributed by atoms with Crippen molar-refractivity contribution in [1.29, 1.82) is 0 Å². The first-order valence-electron chi connectivity index (χ1n) is 9.56. The minimum absolute atomic E-state index is 0.0972. The fourth-order valence-corrected chi connectivity index (χ4v) is 2.92. The van der Waals surface area contributed by atoms with Gasteiger partial charge in [0.15, 0.2) is 5.78 Å². The highest BCUT2D eigenvalue weighted by molar-refractivity contribution is 5.95. The quantitative estimate of drug-likeness (QED) is 0.588. The number of ketones is 1. The molecule has 1 aliphatic heterocycles. The van der Waals surface area contributed by atoms with E-state index in [1.54, 1.807) is 6.20 Å².